The fourth-order valence-electron chi connectivity index (χ4n) is 2.57. The Kier molecular flexibility index (Phi) is 2.83. The third-order valence-electron chi connectivity index (χ3n) is 3.49. The Hall–Kier alpha value is -2.95. The van der Waals surface area contributed by atoms with Crippen LogP contribution in [0.5, 0.6) is 11.5 Å². The number of methoxy groups -OCH3 is 1. The van der Waals surface area contributed by atoms with Gasteiger partial charge in [0, 0.05) is 11.1 Å². The summed E-state index contributed by atoms with van der Waals surface area (Å²) < 4.78 is 5.11. The molecule has 5 nitrogen and oxygen atoms in total. The van der Waals surface area contributed by atoms with E-state index >= 15 is 0 Å². The van der Waals surface area contributed by atoms with Gasteiger partial charge in [-0.05, 0) is 6.07 Å². The zero-order valence-corrected chi connectivity index (χ0v) is 11.0. The van der Waals surface area contributed by atoms with Gasteiger partial charge in [0.05, 0.1) is 23.8 Å². The molecule has 0 amide bonds. The summed E-state index contributed by atoms with van der Waals surface area (Å²) in [5, 5.41) is 10.0. The number of hydrogen-bond donors (Lipinski definition) is 1. The number of phenolic OH excluding ortho intramolecular Hbond substituents is 1. The molecule has 0 radical (unpaired) electrons. The predicted molar refractivity (Wildman–Crippen MR) is 73.4 cm³/mol. The molecule has 0 unspecified atom stereocenters. The van der Waals surface area contributed by atoms with Crippen molar-refractivity contribution in [2.24, 2.45) is 0 Å². The highest BCUT2D eigenvalue weighted by Gasteiger charge is 2.35. The van der Waals surface area contributed by atoms with E-state index in [4.69, 9.17) is 4.74 Å². The monoisotopic (exact) mass is 282 g/mol. The Morgan fingerprint density at radius 1 is 1.05 bits per heavy atom. The molecule has 0 saturated carbocycles. The second-order valence-corrected chi connectivity index (χ2v) is 4.59. The molecule has 21 heavy (non-hydrogen) atoms. The number of ketones is 2. The second-order valence-electron chi connectivity index (χ2n) is 4.59. The fourth-order valence-corrected chi connectivity index (χ4v) is 2.57. The molecule has 0 aromatic heterocycles. The van der Waals surface area contributed by atoms with Crippen molar-refractivity contribution in [1.82, 2.24) is 0 Å². The first kappa shape index (κ1) is 13.1. The first-order valence-corrected chi connectivity index (χ1v) is 6.17. The van der Waals surface area contributed by atoms with E-state index in [2.05, 4.69) is 0 Å². The van der Waals surface area contributed by atoms with Gasteiger partial charge < -0.3 is 9.84 Å². The van der Waals surface area contributed by atoms with Crippen molar-refractivity contribution in [3.8, 4) is 11.5 Å². The van der Waals surface area contributed by atoms with Crippen LogP contribution in [0, 0.1) is 0 Å². The van der Waals surface area contributed by atoms with Crippen molar-refractivity contribution in [3.05, 3.63) is 58.1 Å². The van der Waals surface area contributed by atoms with Crippen molar-refractivity contribution in [2.45, 2.75) is 0 Å². The van der Waals surface area contributed by atoms with Gasteiger partial charge in [0.2, 0.25) is 0 Å². The Morgan fingerprint density at radius 2 is 1.62 bits per heavy atom. The first-order valence-electron chi connectivity index (χ1n) is 6.17. The van der Waals surface area contributed by atoms with Crippen LogP contribution in [0.25, 0.3) is 0 Å². The predicted octanol–water partition coefficient (Wildman–Crippen LogP) is 1.99. The van der Waals surface area contributed by atoms with Gasteiger partial charge in [0.25, 0.3) is 0 Å². The van der Waals surface area contributed by atoms with Crippen LogP contribution >= 0.6 is 0 Å². The SMILES string of the molecule is COc1c(C=O)cc(O)c2c1C(=O)c1ccccc1C2=O. The van der Waals surface area contributed by atoms with E-state index in [0.717, 1.165) is 6.07 Å². The van der Waals surface area contributed by atoms with Gasteiger partial charge in [-0.3, -0.25) is 14.4 Å². The molecule has 0 heterocycles. The molecule has 0 spiro atoms. The van der Waals surface area contributed by atoms with Gasteiger partial charge in [0.15, 0.2) is 17.9 Å². The smallest absolute Gasteiger partial charge is 0.198 e. The average molecular weight is 282 g/mol. The number of carbonyl (C=O) groups excluding carboxylic acids is 3. The minimum atomic E-state index is -0.464. The van der Waals surface area contributed by atoms with Gasteiger partial charge in [-0.1, -0.05) is 24.3 Å². The number of ether oxygens (including phenoxy) is 1. The van der Waals surface area contributed by atoms with E-state index in [-0.39, 0.29) is 33.6 Å². The second kappa shape index (κ2) is 4.56. The van der Waals surface area contributed by atoms with Crippen molar-refractivity contribution < 1.29 is 24.2 Å². The standard InChI is InChI=1S/C16H10O5/c1-21-16-8(7-17)6-11(18)12-13(16)15(20)10-5-3-2-4-9(10)14(12)19/h2-7,18H,1H3. The van der Waals surface area contributed by atoms with Gasteiger partial charge in [-0.2, -0.15) is 0 Å². The summed E-state index contributed by atoms with van der Waals surface area (Å²) in [7, 11) is 1.30. The first-order chi connectivity index (χ1) is 10.1. The molecule has 3 rings (SSSR count). The number of aldehydes is 1. The molecule has 104 valence electrons. The lowest BCUT2D eigenvalue weighted by atomic mass is 9.82. The van der Waals surface area contributed by atoms with Crippen LogP contribution in [0.4, 0.5) is 0 Å². The summed E-state index contributed by atoms with van der Waals surface area (Å²) in [4.78, 5) is 36.2. The summed E-state index contributed by atoms with van der Waals surface area (Å²) in [6.45, 7) is 0. The molecule has 2 aromatic rings. The summed E-state index contributed by atoms with van der Waals surface area (Å²) in [5.41, 5.74) is 0.292. The van der Waals surface area contributed by atoms with Crippen LogP contribution in [0.15, 0.2) is 30.3 Å². The summed E-state index contributed by atoms with van der Waals surface area (Å²) in [6.07, 6.45) is 0.469. The summed E-state index contributed by atoms with van der Waals surface area (Å²) in [5.74, 6) is -1.31. The van der Waals surface area contributed by atoms with E-state index in [0.29, 0.717) is 6.29 Å². The van der Waals surface area contributed by atoms with Crippen molar-refractivity contribution in [2.75, 3.05) is 7.11 Å². The van der Waals surface area contributed by atoms with Crippen molar-refractivity contribution in [1.29, 1.82) is 0 Å². The van der Waals surface area contributed by atoms with Crippen LogP contribution in [0.2, 0.25) is 0 Å². The van der Waals surface area contributed by atoms with Crippen LogP contribution in [0.1, 0.15) is 42.2 Å². The zero-order chi connectivity index (χ0) is 15.1. The lowest BCUT2D eigenvalue weighted by Crippen LogP contribution is -2.22. The van der Waals surface area contributed by atoms with Crippen molar-refractivity contribution in [3.63, 3.8) is 0 Å². The highest BCUT2D eigenvalue weighted by Crippen LogP contribution is 2.39. The summed E-state index contributed by atoms with van der Waals surface area (Å²) in [6, 6.07) is 7.47. The Balaban J connectivity index is 2.42. The van der Waals surface area contributed by atoms with Gasteiger partial charge in [0.1, 0.15) is 11.5 Å². The Morgan fingerprint density at radius 3 is 2.14 bits per heavy atom. The van der Waals surface area contributed by atoms with E-state index in [9.17, 15) is 19.5 Å². The normalized spacial score (nSPS) is 12.6. The largest absolute Gasteiger partial charge is 0.507 e. The van der Waals surface area contributed by atoms with Gasteiger partial charge in [-0.15, -0.1) is 0 Å². The average Bonchev–Trinajstić information content (AvgIpc) is 2.51. The Bertz CT molecular complexity index is 805. The molecule has 1 aliphatic carbocycles. The number of fused-ring (bicyclic) bond motifs is 2. The number of phenols is 1. The highest BCUT2D eigenvalue weighted by atomic mass is 16.5. The van der Waals surface area contributed by atoms with E-state index in [1.807, 2.05) is 0 Å². The molecule has 0 atom stereocenters. The minimum absolute atomic E-state index is 0.00523. The molecular formula is C16H10O5. The maximum absolute atomic E-state index is 12.6. The van der Waals surface area contributed by atoms with E-state index in [1.54, 1.807) is 12.1 Å². The quantitative estimate of drug-likeness (QED) is 0.727. The van der Waals surface area contributed by atoms with Crippen molar-refractivity contribution >= 4 is 17.9 Å². The molecular weight excluding hydrogens is 272 g/mol. The minimum Gasteiger partial charge on any atom is -0.507 e. The third-order valence-corrected chi connectivity index (χ3v) is 3.49. The maximum atomic E-state index is 12.6. The molecule has 5 heteroatoms. The number of rotatable bonds is 2. The van der Waals surface area contributed by atoms with Crippen LogP contribution < -0.4 is 4.74 Å². The number of carbonyl (C=O) groups is 3. The number of aromatic hydroxyl groups is 1. The Labute approximate surface area is 119 Å². The lowest BCUT2D eigenvalue weighted by molar-refractivity contribution is 0.0973. The number of benzene rings is 2. The van der Waals surface area contributed by atoms with Crippen LogP contribution in [-0.4, -0.2) is 30.1 Å². The third kappa shape index (κ3) is 1.67. The van der Waals surface area contributed by atoms with Gasteiger partial charge in [-0.25, -0.2) is 0 Å². The summed E-state index contributed by atoms with van der Waals surface area (Å²) >= 11 is 0. The molecule has 1 aliphatic rings. The topological polar surface area (TPSA) is 80.7 Å². The highest BCUT2D eigenvalue weighted by molar-refractivity contribution is 6.30. The maximum Gasteiger partial charge on any atom is 0.198 e. The molecule has 0 fully saturated rings. The van der Waals surface area contributed by atoms with Gasteiger partial charge >= 0.3 is 0 Å². The molecule has 0 bridgehead atoms. The zero-order valence-electron chi connectivity index (χ0n) is 11.0. The molecule has 0 aliphatic heterocycles. The molecule has 2 aromatic carbocycles. The molecule has 1 N–H and O–H groups in total. The lowest BCUT2D eigenvalue weighted by Gasteiger charge is -2.21. The molecule has 0 saturated heterocycles. The van der Waals surface area contributed by atoms with Crippen LogP contribution in [-0.2, 0) is 0 Å². The van der Waals surface area contributed by atoms with E-state index in [1.165, 1.54) is 19.2 Å². The fraction of sp³-hybridized carbons (Fsp3) is 0.0625. The van der Waals surface area contributed by atoms with E-state index < -0.39 is 17.3 Å². The number of hydrogen-bond acceptors (Lipinski definition) is 5. The van der Waals surface area contributed by atoms with Crippen LogP contribution in [0.3, 0.4) is 0 Å².